The van der Waals surface area contributed by atoms with Gasteiger partial charge in [0.15, 0.2) is 11.0 Å². The molecule has 1 N–H and O–H groups in total. The van der Waals surface area contributed by atoms with E-state index in [0.717, 1.165) is 11.8 Å². The van der Waals surface area contributed by atoms with E-state index in [2.05, 4.69) is 10.2 Å². The highest BCUT2D eigenvalue weighted by molar-refractivity contribution is 7.99. The number of carboxylic acids is 1. The van der Waals surface area contributed by atoms with Gasteiger partial charge < -0.3 is 9.67 Å². The highest BCUT2D eigenvalue weighted by Crippen LogP contribution is 2.30. The van der Waals surface area contributed by atoms with Crippen molar-refractivity contribution in [3.63, 3.8) is 0 Å². The van der Waals surface area contributed by atoms with Crippen LogP contribution < -0.4 is 0 Å². The number of aliphatic carboxylic acids is 1. The molecule has 2 rings (SSSR count). The monoisotopic (exact) mass is 317 g/mol. The number of carboxylic acid groups (broad SMARTS) is 1. The summed E-state index contributed by atoms with van der Waals surface area (Å²) in [5.41, 5.74) is 0.697. The first kappa shape index (κ1) is 14.2. The molecule has 100 valence electrons. The largest absolute Gasteiger partial charge is 0.481 e. The van der Waals surface area contributed by atoms with Gasteiger partial charge in [-0.3, -0.25) is 4.79 Å². The van der Waals surface area contributed by atoms with Crippen LogP contribution in [0, 0.1) is 0 Å². The number of nitrogens with zero attached hydrogens (tertiary/aromatic N) is 3. The Hall–Kier alpha value is -1.24. The van der Waals surface area contributed by atoms with Crippen LogP contribution in [0.5, 0.6) is 0 Å². The average Bonchev–Trinajstić information content (AvgIpc) is 2.68. The number of hydrogen-bond donors (Lipinski definition) is 1. The molecule has 0 spiro atoms. The van der Waals surface area contributed by atoms with E-state index in [-0.39, 0.29) is 5.75 Å². The van der Waals surface area contributed by atoms with E-state index in [0.29, 0.717) is 26.6 Å². The zero-order valence-electron chi connectivity index (χ0n) is 9.80. The van der Waals surface area contributed by atoms with Gasteiger partial charge in [-0.15, -0.1) is 10.2 Å². The minimum Gasteiger partial charge on any atom is -0.481 e. The van der Waals surface area contributed by atoms with Gasteiger partial charge in [-0.2, -0.15) is 0 Å². The van der Waals surface area contributed by atoms with Crippen molar-refractivity contribution in [1.82, 2.24) is 14.8 Å². The van der Waals surface area contributed by atoms with E-state index in [9.17, 15) is 4.79 Å². The first-order valence-electron chi connectivity index (χ1n) is 5.18. The number of hydrogen-bond acceptors (Lipinski definition) is 4. The van der Waals surface area contributed by atoms with Gasteiger partial charge >= 0.3 is 5.97 Å². The van der Waals surface area contributed by atoms with Gasteiger partial charge in [0, 0.05) is 17.6 Å². The molecule has 0 fully saturated rings. The van der Waals surface area contributed by atoms with Gasteiger partial charge in [-0.05, 0) is 18.2 Å². The van der Waals surface area contributed by atoms with Crippen molar-refractivity contribution in [2.24, 2.45) is 7.05 Å². The van der Waals surface area contributed by atoms with Crippen molar-refractivity contribution in [3.8, 4) is 11.4 Å². The maximum Gasteiger partial charge on any atom is 0.313 e. The number of aromatic nitrogens is 3. The molecular weight excluding hydrogens is 309 g/mol. The molecule has 0 saturated carbocycles. The summed E-state index contributed by atoms with van der Waals surface area (Å²) < 4.78 is 1.70. The second-order valence-corrected chi connectivity index (χ2v) is 5.46. The molecule has 19 heavy (non-hydrogen) atoms. The van der Waals surface area contributed by atoms with Gasteiger partial charge in [-0.1, -0.05) is 35.0 Å². The third-order valence-electron chi connectivity index (χ3n) is 2.33. The van der Waals surface area contributed by atoms with Crippen molar-refractivity contribution in [1.29, 1.82) is 0 Å². The van der Waals surface area contributed by atoms with E-state index in [1.54, 1.807) is 29.8 Å². The van der Waals surface area contributed by atoms with Crippen molar-refractivity contribution in [2.75, 3.05) is 5.75 Å². The zero-order chi connectivity index (χ0) is 14.0. The van der Waals surface area contributed by atoms with E-state index in [1.165, 1.54) is 0 Å². The number of rotatable bonds is 4. The summed E-state index contributed by atoms with van der Waals surface area (Å²) in [7, 11) is 1.75. The molecule has 5 nitrogen and oxygen atoms in total. The number of benzene rings is 1. The van der Waals surface area contributed by atoms with E-state index < -0.39 is 5.97 Å². The third kappa shape index (κ3) is 3.20. The van der Waals surface area contributed by atoms with Crippen LogP contribution in [-0.2, 0) is 11.8 Å². The lowest BCUT2D eigenvalue weighted by molar-refractivity contribution is -0.133. The van der Waals surface area contributed by atoms with Crippen molar-refractivity contribution in [2.45, 2.75) is 5.16 Å². The Balaban J connectivity index is 2.33. The fourth-order valence-electron chi connectivity index (χ4n) is 1.47. The molecule has 0 radical (unpaired) electrons. The summed E-state index contributed by atoms with van der Waals surface area (Å²) in [4.78, 5) is 10.5. The molecule has 0 aliphatic carbocycles. The standard InChI is InChI=1S/C11H9Cl2N3O2S/c1-16-10(7-3-2-6(12)4-8(7)13)14-15-11(16)19-5-9(17)18/h2-4H,5H2,1H3,(H,17,18). The van der Waals surface area contributed by atoms with Crippen LogP contribution >= 0.6 is 35.0 Å². The summed E-state index contributed by atoms with van der Waals surface area (Å²) in [6.07, 6.45) is 0. The van der Waals surface area contributed by atoms with Crippen LogP contribution in [-0.4, -0.2) is 31.6 Å². The summed E-state index contributed by atoms with van der Waals surface area (Å²) in [6.45, 7) is 0. The Morgan fingerprint density at radius 3 is 2.79 bits per heavy atom. The van der Waals surface area contributed by atoms with Gasteiger partial charge in [0.2, 0.25) is 0 Å². The van der Waals surface area contributed by atoms with Gasteiger partial charge in [-0.25, -0.2) is 0 Å². The van der Waals surface area contributed by atoms with Gasteiger partial charge in [0.1, 0.15) is 0 Å². The van der Waals surface area contributed by atoms with Crippen molar-refractivity contribution < 1.29 is 9.90 Å². The topological polar surface area (TPSA) is 68.0 Å². The first-order chi connectivity index (χ1) is 8.99. The molecule has 0 atom stereocenters. The molecule has 1 heterocycles. The zero-order valence-corrected chi connectivity index (χ0v) is 12.1. The van der Waals surface area contributed by atoms with Crippen LogP contribution in [0.25, 0.3) is 11.4 Å². The number of thioether (sulfide) groups is 1. The fraction of sp³-hybridized carbons (Fsp3) is 0.182. The highest BCUT2D eigenvalue weighted by atomic mass is 35.5. The minimum atomic E-state index is -0.904. The van der Waals surface area contributed by atoms with Crippen LogP contribution in [0.4, 0.5) is 0 Å². The number of halogens is 2. The Morgan fingerprint density at radius 1 is 1.42 bits per heavy atom. The molecule has 0 unspecified atom stereocenters. The third-order valence-corrected chi connectivity index (χ3v) is 3.88. The highest BCUT2D eigenvalue weighted by Gasteiger charge is 2.14. The summed E-state index contributed by atoms with van der Waals surface area (Å²) >= 11 is 13.0. The lowest BCUT2D eigenvalue weighted by Gasteiger charge is -2.05. The van der Waals surface area contributed by atoms with Crippen LogP contribution in [0.1, 0.15) is 0 Å². The van der Waals surface area contributed by atoms with Crippen LogP contribution in [0.2, 0.25) is 10.0 Å². The van der Waals surface area contributed by atoms with E-state index >= 15 is 0 Å². The van der Waals surface area contributed by atoms with Crippen LogP contribution in [0.3, 0.4) is 0 Å². The molecule has 0 amide bonds. The van der Waals surface area contributed by atoms with Gasteiger partial charge in [0.25, 0.3) is 0 Å². The fourth-order valence-corrected chi connectivity index (χ4v) is 2.60. The predicted octanol–water partition coefficient (Wildman–Crippen LogP) is 2.97. The first-order valence-corrected chi connectivity index (χ1v) is 6.92. The normalized spacial score (nSPS) is 10.7. The minimum absolute atomic E-state index is 0.0691. The van der Waals surface area contributed by atoms with Gasteiger partial charge in [0.05, 0.1) is 10.8 Å². The molecule has 2 aromatic rings. The summed E-state index contributed by atoms with van der Waals surface area (Å²) in [6, 6.07) is 5.08. The smallest absolute Gasteiger partial charge is 0.313 e. The molecule has 0 bridgehead atoms. The maximum absolute atomic E-state index is 10.5. The Kier molecular flexibility index (Phi) is 4.34. The van der Waals surface area contributed by atoms with Crippen molar-refractivity contribution in [3.05, 3.63) is 28.2 Å². The molecule has 8 heteroatoms. The molecule has 0 aliphatic heterocycles. The van der Waals surface area contributed by atoms with E-state index in [1.807, 2.05) is 0 Å². The van der Waals surface area contributed by atoms with Crippen molar-refractivity contribution >= 4 is 40.9 Å². The second-order valence-electron chi connectivity index (χ2n) is 3.67. The lowest BCUT2D eigenvalue weighted by atomic mass is 10.2. The molecular formula is C11H9Cl2N3O2S. The molecule has 1 aromatic heterocycles. The van der Waals surface area contributed by atoms with E-state index in [4.69, 9.17) is 28.3 Å². The molecule has 0 saturated heterocycles. The average molecular weight is 318 g/mol. The Morgan fingerprint density at radius 2 is 2.16 bits per heavy atom. The SMILES string of the molecule is Cn1c(SCC(=O)O)nnc1-c1ccc(Cl)cc1Cl. The maximum atomic E-state index is 10.5. The summed E-state index contributed by atoms with van der Waals surface area (Å²) in [5.74, 6) is -0.408. The molecule has 0 aliphatic rings. The quantitative estimate of drug-likeness (QED) is 0.878. The lowest BCUT2D eigenvalue weighted by Crippen LogP contribution is -2.01. The number of carbonyl (C=O) groups is 1. The Bertz CT molecular complexity index is 630. The molecule has 1 aromatic carbocycles. The predicted molar refractivity (Wildman–Crippen MR) is 74.8 cm³/mol. The van der Waals surface area contributed by atoms with Crippen LogP contribution in [0.15, 0.2) is 23.4 Å². The second kappa shape index (κ2) is 5.81. The Labute approximate surface area is 123 Å². The summed E-state index contributed by atoms with van der Waals surface area (Å²) in [5, 5.41) is 18.2.